The van der Waals surface area contributed by atoms with Crippen LogP contribution >= 0.6 is 0 Å². The number of unbranched alkanes of at least 4 members (excludes halogenated alkanes) is 1. The van der Waals surface area contributed by atoms with Crippen molar-refractivity contribution in [3.8, 4) is 16.9 Å². The maximum absolute atomic E-state index is 4.32. The number of hydrogen-bond acceptors (Lipinski definition) is 1. The summed E-state index contributed by atoms with van der Waals surface area (Å²) in [7, 11) is 0. The third-order valence-corrected chi connectivity index (χ3v) is 8.64. The Morgan fingerprint density at radius 1 is 0.739 bits per heavy atom. The summed E-state index contributed by atoms with van der Waals surface area (Å²) in [5, 5.41) is 5.04. The summed E-state index contributed by atoms with van der Waals surface area (Å²) in [6.07, 6.45) is 7.84. The summed E-state index contributed by atoms with van der Waals surface area (Å²) < 4.78 is 6.90. The zero-order chi connectivity index (χ0) is 30.3. The number of aromatic nitrogens is 4. The number of imidazole rings is 1. The van der Waals surface area contributed by atoms with Gasteiger partial charge in [-0.25, -0.2) is 0 Å². The van der Waals surface area contributed by atoms with E-state index in [4.69, 9.17) is 0 Å². The van der Waals surface area contributed by atoms with Gasteiger partial charge in [-0.15, -0.1) is 41.3 Å². The minimum absolute atomic E-state index is 0. The topological polar surface area (TPSA) is 26.1 Å². The molecule has 5 aromatic carbocycles. The summed E-state index contributed by atoms with van der Waals surface area (Å²) in [5.74, 6) is 0. The van der Waals surface area contributed by atoms with E-state index in [-0.39, 0.29) is 20.1 Å². The molecule has 0 aliphatic rings. The molecule has 0 unspecified atom stereocenters. The van der Waals surface area contributed by atoms with Crippen LogP contribution in [0.5, 0.6) is 0 Å². The third-order valence-electron chi connectivity index (χ3n) is 8.64. The molecular formula is C41H32IrN4+. The monoisotopic (exact) mass is 773 g/mol. The summed E-state index contributed by atoms with van der Waals surface area (Å²) >= 11 is 0. The number of pyridine rings is 1. The first kappa shape index (κ1) is 29.9. The zero-order valence-electron chi connectivity index (χ0n) is 25.8. The van der Waals surface area contributed by atoms with Crippen LogP contribution in [-0.2, 0) is 26.7 Å². The van der Waals surface area contributed by atoms with Crippen molar-refractivity contribution in [3.63, 3.8) is 0 Å². The van der Waals surface area contributed by atoms with E-state index in [2.05, 4.69) is 129 Å². The van der Waals surface area contributed by atoms with Gasteiger partial charge in [0.2, 0.25) is 6.33 Å². The largest absolute Gasteiger partial charge is 3.00 e. The van der Waals surface area contributed by atoms with Crippen molar-refractivity contribution < 1.29 is 24.7 Å². The summed E-state index contributed by atoms with van der Waals surface area (Å²) in [4.78, 5) is 4.32. The Labute approximate surface area is 282 Å². The van der Waals surface area contributed by atoms with Gasteiger partial charge in [-0.3, -0.25) is 0 Å². The normalized spacial score (nSPS) is 11.3. The minimum atomic E-state index is 0. The number of para-hydroxylation sites is 4. The van der Waals surface area contributed by atoms with E-state index in [1.807, 2.05) is 43.5 Å². The Morgan fingerprint density at radius 3 is 2.20 bits per heavy atom. The molecule has 4 heterocycles. The van der Waals surface area contributed by atoms with Crippen LogP contribution in [0.4, 0.5) is 0 Å². The van der Waals surface area contributed by atoms with E-state index in [1.165, 1.54) is 54.7 Å². The van der Waals surface area contributed by atoms with Crippen LogP contribution in [0, 0.1) is 25.4 Å². The predicted molar refractivity (Wildman–Crippen MR) is 184 cm³/mol. The number of hydrogen-bond donors (Lipinski definition) is 0. The molecule has 0 N–H and O–H groups in total. The molecule has 0 fully saturated rings. The summed E-state index contributed by atoms with van der Waals surface area (Å²) in [6, 6.07) is 46.9. The molecule has 46 heavy (non-hydrogen) atoms. The average molecular weight is 773 g/mol. The molecule has 4 nitrogen and oxygen atoms in total. The number of benzene rings is 5. The molecular weight excluding hydrogens is 741 g/mol. The number of rotatable bonds is 5. The molecule has 5 heteroatoms. The first-order chi connectivity index (χ1) is 22.2. The van der Waals surface area contributed by atoms with Crippen LogP contribution in [0.3, 0.4) is 0 Å². The second kappa shape index (κ2) is 12.5. The molecule has 0 atom stereocenters. The zero-order valence-corrected chi connectivity index (χ0v) is 28.2. The standard InChI is InChI=1S/C29H22N3.C12H10N.Ir/c1-2-3-18-30-19-31(26-15-9-8-14-25(26)30)27-17-16-21-20-10-4-6-12-23(20)32-24-13-7-5-11-22(24)28(27)29(21)32;1-10-7-8-12(13-9-10)11-5-3-2-4-6-11;/h4-16H,2-3,18H2,1H3;2-5,7-9H,1H3;/q2*-1;+3. The van der Waals surface area contributed by atoms with Crippen molar-refractivity contribution in [1.82, 2.24) is 14.0 Å². The fourth-order valence-corrected chi connectivity index (χ4v) is 6.49. The van der Waals surface area contributed by atoms with Gasteiger partial charge in [0.25, 0.3) is 0 Å². The van der Waals surface area contributed by atoms with E-state index in [1.54, 1.807) is 0 Å². The second-order valence-corrected chi connectivity index (χ2v) is 11.6. The van der Waals surface area contributed by atoms with Crippen molar-refractivity contribution in [2.24, 2.45) is 0 Å². The van der Waals surface area contributed by atoms with Crippen LogP contribution < -0.4 is 4.57 Å². The first-order valence-corrected chi connectivity index (χ1v) is 15.6. The van der Waals surface area contributed by atoms with Crippen molar-refractivity contribution in [3.05, 3.63) is 145 Å². The van der Waals surface area contributed by atoms with Crippen molar-refractivity contribution in [2.75, 3.05) is 0 Å². The Morgan fingerprint density at radius 2 is 1.46 bits per heavy atom. The van der Waals surface area contributed by atoms with Crippen LogP contribution in [0.1, 0.15) is 25.3 Å². The minimum Gasteiger partial charge on any atom is -0.341 e. The molecule has 0 amide bonds. The van der Waals surface area contributed by atoms with Gasteiger partial charge in [0, 0.05) is 17.2 Å². The van der Waals surface area contributed by atoms with Crippen molar-refractivity contribution in [1.29, 1.82) is 0 Å². The molecule has 9 rings (SSSR count). The van der Waals surface area contributed by atoms with Gasteiger partial charge in [0.15, 0.2) is 0 Å². The average Bonchev–Trinajstić information content (AvgIpc) is 3.76. The van der Waals surface area contributed by atoms with Crippen LogP contribution in [0.2, 0.25) is 0 Å². The van der Waals surface area contributed by atoms with Gasteiger partial charge in [0.1, 0.15) is 0 Å². The first-order valence-electron chi connectivity index (χ1n) is 15.6. The van der Waals surface area contributed by atoms with E-state index in [0.717, 1.165) is 36.3 Å². The molecule has 9 aromatic rings. The van der Waals surface area contributed by atoms with Gasteiger partial charge in [-0.05, 0) is 42.1 Å². The summed E-state index contributed by atoms with van der Waals surface area (Å²) in [5.41, 5.74) is 10.4. The molecule has 0 bridgehead atoms. The van der Waals surface area contributed by atoms with Crippen molar-refractivity contribution >= 4 is 49.1 Å². The van der Waals surface area contributed by atoms with Crippen LogP contribution in [0.15, 0.2) is 121 Å². The molecule has 0 saturated carbocycles. The molecule has 0 aliphatic heterocycles. The SMILES string of the molecule is CCCC[n+]1[c-]n(-c2[c-]cc3c4ccccc4n4c5ccccc5c2c34)c2ccccc21.Cc1ccc(-c2[c-]cccc2)nc1.[Ir+3]. The Kier molecular flexibility index (Phi) is 8.12. The summed E-state index contributed by atoms with van der Waals surface area (Å²) in [6.45, 7) is 5.24. The smallest absolute Gasteiger partial charge is 0.341 e. The van der Waals surface area contributed by atoms with Gasteiger partial charge in [-0.2, -0.15) is 12.1 Å². The number of aryl methyl sites for hydroxylation is 2. The van der Waals surface area contributed by atoms with Gasteiger partial charge >= 0.3 is 20.1 Å². The second-order valence-electron chi connectivity index (χ2n) is 11.6. The Hall–Kier alpha value is -4.83. The predicted octanol–water partition coefficient (Wildman–Crippen LogP) is 9.32. The van der Waals surface area contributed by atoms with E-state index >= 15 is 0 Å². The van der Waals surface area contributed by atoms with Gasteiger partial charge in [0.05, 0.1) is 17.6 Å². The number of nitrogens with zero attached hydrogens (tertiary/aromatic N) is 4. The molecule has 4 aromatic heterocycles. The quantitative estimate of drug-likeness (QED) is 0.127. The molecule has 0 aliphatic carbocycles. The molecule has 0 spiro atoms. The molecule has 224 valence electrons. The molecule has 0 saturated heterocycles. The number of fused-ring (bicyclic) bond motifs is 7. The maximum atomic E-state index is 4.32. The molecule has 0 radical (unpaired) electrons. The van der Waals surface area contributed by atoms with Crippen molar-refractivity contribution in [2.45, 2.75) is 33.2 Å². The van der Waals surface area contributed by atoms with E-state index in [0.29, 0.717) is 0 Å². The Bertz CT molecular complexity index is 2420. The van der Waals surface area contributed by atoms with E-state index < -0.39 is 0 Å². The van der Waals surface area contributed by atoms with Crippen LogP contribution in [0.25, 0.3) is 66.1 Å². The third kappa shape index (κ3) is 4.97. The van der Waals surface area contributed by atoms with Gasteiger partial charge in [-0.1, -0.05) is 108 Å². The maximum Gasteiger partial charge on any atom is 3.00 e. The van der Waals surface area contributed by atoms with Gasteiger partial charge < -0.3 is 18.5 Å². The van der Waals surface area contributed by atoms with Crippen LogP contribution in [-0.4, -0.2) is 14.0 Å². The fourth-order valence-electron chi connectivity index (χ4n) is 6.49. The Balaban J connectivity index is 0.000000204. The fraction of sp³-hybridized carbons (Fsp3) is 0.122. The van der Waals surface area contributed by atoms with E-state index in [9.17, 15) is 0 Å².